The van der Waals surface area contributed by atoms with E-state index in [0.29, 0.717) is 25.4 Å². The first kappa shape index (κ1) is 16.8. The summed E-state index contributed by atoms with van der Waals surface area (Å²) in [5.74, 6) is -0.889. The van der Waals surface area contributed by atoms with Crippen LogP contribution in [0.3, 0.4) is 0 Å². The molecule has 0 atom stereocenters. The number of carboxylic acid groups (broad SMARTS) is 1. The Labute approximate surface area is 123 Å². The number of likely N-dealkylation sites (N-methyl/N-ethyl adjacent to an activating group) is 1. The van der Waals surface area contributed by atoms with Crippen molar-refractivity contribution >= 4 is 17.7 Å². The summed E-state index contributed by atoms with van der Waals surface area (Å²) in [7, 11) is 2.95. The Hall–Kier alpha value is -2.28. The number of aromatic carboxylic acids is 1. The lowest BCUT2D eigenvalue weighted by molar-refractivity contribution is 0.0693. The molecule has 0 heterocycles. The van der Waals surface area contributed by atoms with Crippen LogP contribution in [-0.4, -0.2) is 55.9 Å². The zero-order valence-electron chi connectivity index (χ0n) is 12.4. The number of hydrogen-bond acceptors (Lipinski definition) is 4. The van der Waals surface area contributed by atoms with E-state index in [1.54, 1.807) is 12.0 Å². The van der Waals surface area contributed by atoms with Crippen molar-refractivity contribution in [2.45, 2.75) is 6.92 Å². The van der Waals surface area contributed by atoms with E-state index in [-0.39, 0.29) is 17.3 Å². The van der Waals surface area contributed by atoms with Gasteiger partial charge >= 0.3 is 12.0 Å². The molecule has 21 heavy (non-hydrogen) atoms. The Kier molecular flexibility index (Phi) is 6.48. The van der Waals surface area contributed by atoms with Crippen LogP contribution in [0.1, 0.15) is 17.3 Å². The molecule has 7 heteroatoms. The molecule has 0 radical (unpaired) electrons. The largest absolute Gasteiger partial charge is 0.496 e. The van der Waals surface area contributed by atoms with Crippen molar-refractivity contribution < 1.29 is 24.2 Å². The number of benzene rings is 1. The molecule has 1 aromatic carbocycles. The Morgan fingerprint density at radius 3 is 2.57 bits per heavy atom. The third-order valence-electron chi connectivity index (χ3n) is 2.92. The molecule has 0 aliphatic carbocycles. The first-order valence-corrected chi connectivity index (χ1v) is 6.49. The second kappa shape index (κ2) is 8.11. The van der Waals surface area contributed by atoms with E-state index < -0.39 is 5.97 Å². The number of nitrogens with zero attached hydrogens (tertiary/aromatic N) is 1. The van der Waals surface area contributed by atoms with Crippen LogP contribution in [0.25, 0.3) is 0 Å². The SMILES string of the molecule is CCN(CCOC)C(=O)Nc1ccc(C(=O)O)c(OC)c1. The van der Waals surface area contributed by atoms with E-state index in [9.17, 15) is 9.59 Å². The van der Waals surface area contributed by atoms with Crippen LogP contribution in [-0.2, 0) is 4.74 Å². The van der Waals surface area contributed by atoms with Gasteiger partial charge in [-0.2, -0.15) is 0 Å². The standard InChI is InChI=1S/C14H20N2O5/c1-4-16(7-8-20-2)14(19)15-10-5-6-11(13(17)18)12(9-10)21-3/h5-6,9H,4,7-8H2,1-3H3,(H,15,19)(H,17,18). The van der Waals surface area contributed by atoms with Gasteiger partial charge in [0, 0.05) is 32.0 Å². The molecule has 0 saturated heterocycles. The summed E-state index contributed by atoms with van der Waals surface area (Å²) < 4.78 is 9.96. The van der Waals surface area contributed by atoms with Crippen molar-refractivity contribution in [1.82, 2.24) is 4.90 Å². The summed E-state index contributed by atoms with van der Waals surface area (Å²) in [6, 6.07) is 4.11. The molecule has 0 aliphatic rings. The highest BCUT2D eigenvalue weighted by atomic mass is 16.5. The molecule has 0 unspecified atom stereocenters. The normalized spacial score (nSPS) is 10.0. The van der Waals surface area contributed by atoms with Crippen LogP contribution in [0.5, 0.6) is 5.75 Å². The average molecular weight is 296 g/mol. The molecule has 1 aromatic rings. The van der Waals surface area contributed by atoms with Crippen molar-refractivity contribution in [3.63, 3.8) is 0 Å². The van der Waals surface area contributed by atoms with Crippen LogP contribution in [0.15, 0.2) is 18.2 Å². The summed E-state index contributed by atoms with van der Waals surface area (Å²) in [6.45, 7) is 3.33. The minimum atomic E-state index is -1.08. The third-order valence-corrected chi connectivity index (χ3v) is 2.92. The number of carboxylic acids is 1. The zero-order chi connectivity index (χ0) is 15.8. The number of urea groups is 1. The monoisotopic (exact) mass is 296 g/mol. The van der Waals surface area contributed by atoms with E-state index >= 15 is 0 Å². The molecule has 0 aromatic heterocycles. The topological polar surface area (TPSA) is 88.1 Å². The zero-order valence-corrected chi connectivity index (χ0v) is 12.4. The number of rotatable bonds is 7. The van der Waals surface area contributed by atoms with Crippen LogP contribution in [0.4, 0.5) is 10.5 Å². The lowest BCUT2D eigenvalue weighted by atomic mass is 10.2. The molecule has 116 valence electrons. The fourth-order valence-electron chi connectivity index (χ4n) is 1.75. The summed E-state index contributed by atoms with van der Waals surface area (Å²) in [6.07, 6.45) is 0. The van der Waals surface area contributed by atoms with Gasteiger partial charge in [-0.3, -0.25) is 0 Å². The van der Waals surface area contributed by atoms with E-state index in [0.717, 1.165) is 0 Å². The Morgan fingerprint density at radius 1 is 1.33 bits per heavy atom. The molecule has 7 nitrogen and oxygen atoms in total. The second-order valence-electron chi connectivity index (χ2n) is 4.22. The summed E-state index contributed by atoms with van der Waals surface area (Å²) in [5, 5.41) is 11.7. The van der Waals surface area contributed by atoms with Gasteiger partial charge in [0.1, 0.15) is 11.3 Å². The molecule has 0 fully saturated rings. The highest BCUT2D eigenvalue weighted by molar-refractivity contribution is 5.94. The number of amides is 2. The number of anilines is 1. The number of ether oxygens (including phenoxy) is 2. The summed E-state index contributed by atoms with van der Waals surface area (Å²) in [5.41, 5.74) is 0.514. The summed E-state index contributed by atoms with van der Waals surface area (Å²) in [4.78, 5) is 24.7. The lowest BCUT2D eigenvalue weighted by Crippen LogP contribution is -2.37. The minimum absolute atomic E-state index is 0.0437. The maximum absolute atomic E-state index is 12.1. The van der Waals surface area contributed by atoms with Gasteiger partial charge in [0.2, 0.25) is 0 Å². The number of methoxy groups -OCH3 is 2. The maximum atomic E-state index is 12.1. The van der Waals surface area contributed by atoms with Gasteiger partial charge in [-0.05, 0) is 19.1 Å². The van der Waals surface area contributed by atoms with Crippen molar-refractivity contribution in [1.29, 1.82) is 0 Å². The van der Waals surface area contributed by atoms with Crippen molar-refractivity contribution in [2.24, 2.45) is 0 Å². The van der Waals surface area contributed by atoms with Gasteiger partial charge in [0.05, 0.1) is 13.7 Å². The molecule has 0 aliphatic heterocycles. The molecule has 0 saturated carbocycles. The average Bonchev–Trinajstić information content (AvgIpc) is 2.47. The van der Waals surface area contributed by atoms with Gasteiger partial charge in [-0.25, -0.2) is 9.59 Å². The Morgan fingerprint density at radius 2 is 2.05 bits per heavy atom. The smallest absolute Gasteiger partial charge is 0.339 e. The fourth-order valence-corrected chi connectivity index (χ4v) is 1.75. The van der Waals surface area contributed by atoms with Crippen LogP contribution in [0.2, 0.25) is 0 Å². The van der Waals surface area contributed by atoms with Gasteiger partial charge in [0.15, 0.2) is 0 Å². The second-order valence-corrected chi connectivity index (χ2v) is 4.22. The molecule has 1 rings (SSSR count). The number of hydrogen-bond donors (Lipinski definition) is 2. The molecular weight excluding hydrogens is 276 g/mol. The highest BCUT2D eigenvalue weighted by Crippen LogP contribution is 2.23. The summed E-state index contributed by atoms with van der Waals surface area (Å²) >= 11 is 0. The van der Waals surface area contributed by atoms with Crippen molar-refractivity contribution in [3.05, 3.63) is 23.8 Å². The predicted molar refractivity (Wildman–Crippen MR) is 78.1 cm³/mol. The lowest BCUT2D eigenvalue weighted by Gasteiger charge is -2.21. The fraction of sp³-hybridized carbons (Fsp3) is 0.429. The molecule has 2 amide bonds. The highest BCUT2D eigenvalue weighted by Gasteiger charge is 2.14. The quantitative estimate of drug-likeness (QED) is 0.802. The number of nitrogens with one attached hydrogen (secondary N) is 1. The molecule has 0 spiro atoms. The number of carbonyl (C=O) groups excluding carboxylic acids is 1. The van der Waals surface area contributed by atoms with Crippen LogP contribution < -0.4 is 10.1 Å². The predicted octanol–water partition coefficient (Wildman–Crippen LogP) is 1.89. The van der Waals surface area contributed by atoms with E-state index in [4.69, 9.17) is 14.6 Å². The third kappa shape index (κ3) is 4.64. The molecule has 2 N–H and O–H groups in total. The van der Waals surface area contributed by atoms with Crippen molar-refractivity contribution in [3.8, 4) is 5.75 Å². The van der Waals surface area contributed by atoms with Crippen molar-refractivity contribution in [2.75, 3.05) is 39.2 Å². The maximum Gasteiger partial charge on any atom is 0.339 e. The molecule has 0 bridgehead atoms. The Balaban J connectivity index is 2.82. The van der Waals surface area contributed by atoms with E-state index in [1.165, 1.54) is 25.3 Å². The first-order valence-electron chi connectivity index (χ1n) is 6.49. The van der Waals surface area contributed by atoms with Crippen LogP contribution in [0, 0.1) is 0 Å². The Bertz CT molecular complexity index is 504. The molecular formula is C14H20N2O5. The number of carbonyl (C=O) groups is 2. The van der Waals surface area contributed by atoms with Gasteiger partial charge in [-0.15, -0.1) is 0 Å². The van der Waals surface area contributed by atoms with Gasteiger partial charge in [0.25, 0.3) is 0 Å². The first-order chi connectivity index (χ1) is 10.0. The van der Waals surface area contributed by atoms with Gasteiger partial charge in [-0.1, -0.05) is 0 Å². The minimum Gasteiger partial charge on any atom is -0.496 e. The van der Waals surface area contributed by atoms with Gasteiger partial charge < -0.3 is 24.8 Å². The van der Waals surface area contributed by atoms with Crippen LogP contribution >= 0.6 is 0 Å². The van der Waals surface area contributed by atoms with E-state index in [2.05, 4.69) is 5.32 Å². The van der Waals surface area contributed by atoms with E-state index in [1.807, 2.05) is 6.92 Å².